The molecule has 0 fully saturated rings. The van der Waals surface area contributed by atoms with E-state index in [2.05, 4.69) is 5.73 Å². The number of ketones is 1. The number of hydrogen-bond acceptors (Lipinski definition) is 5. The Morgan fingerprint density at radius 1 is 1.03 bits per heavy atom. The van der Waals surface area contributed by atoms with Crippen LogP contribution in [0.3, 0.4) is 0 Å². The van der Waals surface area contributed by atoms with E-state index in [-0.39, 0.29) is 5.78 Å². The first-order chi connectivity index (χ1) is 15.7. The minimum atomic E-state index is -1.57. The zero-order valence-electron chi connectivity index (χ0n) is 17.6. The molecule has 3 aromatic carbocycles. The van der Waals surface area contributed by atoms with Crippen LogP contribution >= 0.6 is 11.8 Å². The molecular formula is C27H22O4S. The fourth-order valence-corrected chi connectivity index (χ4v) is 4.91. The van der Waals surface area contributed by atoms with Gasteiger partial charge in [0.1, 0.15) is 5.75 Å². The number of hydrogen-bond donors (Lipinski definition) is 0. The zero-order valence-corrected chi connectivity index (χ0v) is 18.4. The van der Waals surface area contributed by atoms with Crippen LogP contribution in [0.15, 0.2) is 96.7 Å². The van der Waals surface area contributed by atoms with Crippen molar-refractivity contribution in [3.8, 4) is 5.75 Å². The molecule has 4 rings (SSSR count). The highest BCUT2D eigenvalue weighted by Crippen LogP contribution is 2.49. The van der Waals surface area contributed by atoms with Crippen molar-refractivity contribution in [1.29, 1.82) is 0 Å². The van der Waals surface area contributed by atoms with E-state index in [0.717, 1.165) is 11.1 Å². The number of carbonyl (C=O) groups is 2. The number of esters is 1. The number of ether oxygens (including phenoxy) is 2. The fourth-order valence-electron chi connectivity index (χ4n) is 3.69. The van der Waals surface area contributed by atoms with E-state index >= 15 is 0 Å². The molecule has 32 heavy (non-hydrogen) atoms. The van der Waals surface area contributed by atoms with Gasteiger partial charge in [-0.2, -0.15) is 0 Å². The van der Waals surface area contributed by atoms with Crippen LogP contribution in [0.25, 0.3) is 6.08 Å². The molecule has 0 N–H and O–H groups in total. The van der Waals surface area contributed by atoms with E-state index in [0.29, 0.717) is 17.1 Å². The highest BCUT2D eigenvalue weighted by Gasteiger charge is 2.59. The monoisotopic (exact) mass is 442 g/mol. The smallest absolute Gasteiger partial charge is 0.334 e. The van der Waals surface area contributed by atoms with E-state index in [9.17, 15) is 9.59 Å². The van der Waals surface area contributed by atoms with Gasteiger partial charge < -0.3 is 9.47 Å². The van der Waals surface area contributed by atoms with Gasteiger partial charge in [0, 0.05) is 5.75 Å². The van der Waals surface area contributed by atoms with Crippen LogP contribution in [0, 0.1) is 0 Å². The molecule has 0 aliphatic carbocycles. The molecule has 4 nitrogen and oxygen atoms in total. The predicted molar refractivity (Wildman–Crippen MR) is 127 cm³/mol. The largest absolute Gasteiger partial charge is 0.482 e. The number of para-hydroxylation sites is 1. The second-order valence-electron chi connectivity index (χ2n) is 7.20. The van der Waals surface area contributed by atoms with Crippen molar-refractivity contribution in [2.45, 2.75) is 10.9 Å². The molecule has 2 unspecified atom stereocenters. The van der Waals surface area contributed by atoms with Gasteiger partial charge in [0.2, 0.25) is 4.75 Å². The van der Waals surface area contributed by atoms with Crippen LogP contribution in [-0.4, -0.2) is 29.4 Å². The number of Topliss-reactive ketones (excluding diaryl/α,β-unsaturated/α-hetero) is 1. The Morgan fingerprint density at radius 2 is 1.69 bits per heavy atom. The Hall–Kier alpha value is -3.53. The maximum atomic E-state index is 13.8. The Balaban J connectivity index is 1.73. The molecule has 5 heteroatoms. The summed E-state index contributed by atoms with van der Waals surface area (Å²) in [5.74, 6) is -0.105. The fraction of sp³-hybridized carbons (Fsp3) is 0.148. The van der Waals surface area contributed by atoms with Crippen molar-refractivity contribution in [3.05, 3.63) is 113 Å². The third-order valence-electron chi connectivity index (χ3n) is 5.24. The van der Waals surface area contributed by atoms with E-state index in [4.69, 9.17) is 9.47 Å². The SMILES string of the molecule is COC(=O)C1(SCC=C=Cc2ccccc2)C(=O)c2ccccc2OC1c1ccccc1. The van der Waals surface area contributed by atoms with Gasteiger partial charge >= 0.3 is 5.97 Å². The zero-order chi connectivity index (χ0) is 22.4. The number of rotatable bonds is 6. The minimum Gasteiger partial charge on any atom is -0.482 e. The van der Waals surface area contributed by atoms with Crippen LogP contribution in [0.1, 0.15) is 27.6 Å². The first-order valence-electron chi connectivity index (χ1n) is 10.2. The molecule has 0 radical (unpaired) electrons. The number of methoxy groups -OCH3 is 1. The molecule has 0 spiro atoms. The van der Waals surface area contributed by atoms with Crippen LogP contribution in [0.4, 0.5) is 0 Å². The maximum Gasteiger partial charge on any atom is 0.334 e. The molecule has 1 aliphatic heterocycles. The second-order valence-corrected chi connectivity index (χ2v) is 8.46. The molecule has 0 aromatic heterocycles. The molecule has 0 saturated carbocycles. The van der Waals surface area contributed by atoms with Crippen LogP contribution in [0.2, 0.25) is 0 Å². The number of carbonyl (C=O) groups excluding carboxylic acids is 2. The topological polar surface area (TPSA) is 52.6 Å². The molecular weight excluding hydrogens is 420 g/mol. The van der Waals surface area contributed by atoms with Crippen LogP contribution in [-0.2, 0) is 9.53 Å². The average molecular weight is 443 g/mol. The first-order valence-corrected chi connectivity index (χ1v) is 11.2. The summed E-state index contributed by atoms with van der Waals surface area (Å²) in [4.78, 5) is 27.0. The van der Waals surface area contributed by atoms with E-state index < -0.39 is 16.8 Å². The van der Waals surface area contributed by atoms with Crippen LogP contribution in [0.5, 0.6) is 5.75 Å². The van der Waals surface area contributed by atoms with Crippen LogP contribution < -0.4 is 4.74 Å². The lowest BCUT2D eigenvalue weighted by Crippen LogP contribution is -2.54. The van der Waals surface area contributed by atoms with Crippen molar-refractivity contribution in [3.63, 3.8) is 0 Å². The van der Waals surface area contributed by atoms with E-state index in [1.165, 1.54) is 18.9 Å². The summed E-state index contributed by atoms with van der Waals surface area (Å²) in [5.41, 5.74) is 5.26. The Kier molecular flexibility index (Phi) is 6.60. The number of thioether (sulfide) groups is 1. The Labute approximate surface area is 191 Å². The molecule has 3 aromatic rings. The third kappa shape index (κ3) is 4.13. The van der Waals surface area contributed by atoms with Gasteiger partial charge in [0.15, 0.2) is 11.9 Å². The summed E-state index contributed by atoms with van der Waals surface area (Å²) >= 11 is 1.20. The Morgan fingerprint density at radius 3 is 2.41 bits per heavy atom. The summed E-state index contributed by atoms with van der Waals surface area (Å²) in [6.45, 7) is 0. The molecule has 160 valence electrons. The summed E-state index contributed by atoms with van der Waals surface area (Å²) in [7, 11) is 1.30. The van der Waals surface area contributed by atoms with Crippen molar-refractivity contribution < 1.29 is 19.1 Å². The average Bonchev–Trinajstić information content (AvgIpc) is 2.85. The molecule has 2 atom stereocenters. The van der Waals surface area contributed by atoms with Crippen molar-refractivity contribution in [2.75, 3.05) is 12.9 Å². The van der Waals surface area contributed by atoms with Gasteiger partial charge in [0.25, 0.3) is 0 Å². The standard InChI is InChI=1S/C27H22O4S/c1-30-26(29)27(32-19-11-10-14-20-12-4-2-5-13-20)24(28)22-17-8-9-18-23(22)31-25(27)21-15-6-3-7-16-21/h2-9,11-18,25H,19H2,1H3. The van der Waals surface area contributed by atoms with Gasteiger partial charge in [-0.05, 0) is 35.4 Å². The highest BCUT2D eigenvalue weighted by molar-refractivity contribution is 8.02. The third-order valence-corrected chi connectivity index (χ3v) is 6.59. The first kappa shape index (κ1) is 21.7. The van der Waals surface area contributed by atoms with Crippen molar-refractivity contribution in [1.82, 2.24) is 0 Å². The maximum absolute atomic E-state index is 13.8. The molecule has 1 aliphatic rings. The van der Waals surface area contributed by atoms with Gasteiger partial charge in [-0.25, -0.2) is 4.79 Å². The van der Waals surface area contributed by atoms with E-state index in [1.807, 2.05) is 72.8 Å². The Bertz CT molecular complexity index is 1170. The summed E-state index contributed by atoms with van der Waals surface area (Å²) in [5, 5.41) is 0. The lowest BCUT2D eigenvalue weighted by molar-refractivity contribution is -0.144. The number of benzene rings is 3. The molecule has 0 amide bonds. The van der Waals surface area contributed by atoms with Gasteiger partial charge in [0.05, 0.1) is 12.7 Å². The minimum absolute atomic E-state index is 0.314. The molecule has 0 bridgehead atoms. The van der Waals surface area contributed by atoms with Gasteiger partial charge in [-0.1, -0.05) is 72.8 Å². The predicted octanol–water partition coefficient (Wildman–Crippen LogP) is 5.52. The lowest BCUT2D eigenvalue weighted by Gasteiger charge is -2.40. The summed E-state index contributed by atoms with van der Waals surface area (Å²) in [6.07, 6.45) is 2.84. The molecule has 0 saturated heterocycles. The second kappa shape index (κ2) is 9.73. The summed E-state index contributed by atoms with van der Waals surface area (Å²) < 4.78 is 9.85. The summed E-state index contributed by atoms with van der Waals surface area (Å²) in [6, 6.07) is 26.1. The number of fused-ring (bicyclic) bond motifs is 1. The van der Waals surface area contributed by atoms with Crippen molar-refractivity contribution >= 4 is 29.6 Å². The molecule has 1 heterocycles. The quantitative estimate of drug-likeness (QED) is 0.286. The van der Waals surface area contributed by atoms with Gasteiger partial charge in [-0.3, -0.25) is 4.79 Å². The highest BCUT2D eigenvalue weighted by atomic mass is 32.2. The van der Waals surface area contributed by atoms with E-state index in [1.54, 1.807) is 24.3 Å². The van der Waals surface area contributed by atoms with Crippen molar-refractivity contribution in [2.24, 2.45) is 0 Å². The van der Waals surface area contributed by atoms with Gasteiger partial charge in [-0.15, -0.1) is 17.5 Å². The normalized spacial score (nSPS) is 19.2. The lowest BCUT2D eigenvalue weighted by atomic mass is 9.84.